The van der Waals surface area contributed by atoms with Crippen LogP contribution in [-0.4, -0.2) is 47.4 Å². The van der Waals surface area contributed by atoms with Crippen molar-refractivity contribution in [1.82, 2.24) is 15.0 Å². The monoisotopic (exact) mass is 407 g/mol. The van der Waals surface area contributed by atoms with Gasteiger partial charge in [-0.25, -0.2) is 4.68 Å². The molecule has 9 nitrogen and oxygen atoms in total. The van der Waals surface area contributed by atoms with Gasteiger partial charge in [0.15, 0.2) is 5.96 Å². The van der Waals surface area contributed by atoms with Gasteiger partial charge in [0.05, 0.1) is 18.2 Å². The molecule has 0 saturated heterocycles. The Morgan fingerprint density at radius 2 is 1.70 bits per heavy atom. The highest BCUT2D eigenvalue weighted by Crippen LogP contribution is 2.20. The molecule has 9 heteroatoms. The second-order valence-electron chi connectivity index (χ2n) is 6.28. The molecule has 0 aliphatic rings. The van der Waals surface area contributed by atoms with Crippen molar-refractivity contribution < 1.29 is 0 Å². The molecule has 0 fully saturated rings. The summed E-state index contributed by atoms with van der Waals surface area (Å²) in [6.45, 7) is 1.22. The molecule has 158 valence electrons. The minimum atomic E-state index is 0.108. The summed E-state index contributed by atoms with van der Waals surface area (Å²) in [5.41, 5.74) is 25.6. The highest BCUT2D eigenvalue weighted by molar-refractivity contribution is 5.75. The van der Waals surface area contributed by atoms with E-state index in [0.717, 1.165) is 35.3 Å². The molecule has 0 bridgehead atoms. The van der Waals surface area contributed by atoms with Gasteiger partial charge in [0.1, 0.15) is 5.69 Å². The number of benzene rings is 2. The fourth-order valence-corrected chi connectivity index (χ4v) is 2.85. The van der Waals surface area contributed by atoms with E-state index in [1.54, 1.807) is 4.68 Å². The van der Waals surface area contributed by atoms with Crippen molar-refractivity contribution in [2.24, 2.45) is 32.9 Å². The maximum absolute atomic E-state index is 5.37. The summed E-state index contributed by atoms with van der Waals surface area (Å²) in [4.78, 5) is 8.07. The Bertz CT molecular complexity index is 972. The number of aliphatic imine (C=N–C) groups is 2. The van der Waals surface area contributed by atoms with Gasteiger partial charge in [-0.1, -0.05) is 35.5 Å². The molecular weight excluding hydrogens is 378 g/mol. The van der Waals surface area contributed by atoms with E-state index in [4.69, 9.17) is 17.2 Å². The van der Waals surface area contributed by atoms with Crippen molar-refractivity contribution in [2.75, 3.05) is 20.1 Å². The lowest BCUT2D eigenvalue weighted by Gasteiger charge is -2.04. The van der Waals surface area contributed by atoms with Crippen molar-refractivity contribution in [2.45, 2.75) is 12.8 Å². The van der Waals surface area contributed by atoms with Crippen LogP contribution in [0.2, 0.25) is 0 Å². The number of nitrogens with two attached hydrogens (primary N) is 4. The highest BCUT2D eigenvalue weighted by atomic mass is 15.4. The van der Waals surface area contributed by atoms with Gasteiger partial charge in [-0.2, -0.15) is 0 Å². The summed E-state index contributed by atoms with van der Waals surface area (Å²) in [5, 5.41) is 8.60. The lowest BCUT2D eigenvalue weighted by atomic mass is 10.1. The van der Waals surface area contributed by atoms with Gasteiger partial charge in [-0.3, -0.25) is 9.98 Å². The molecule has 0 amide bonds. The SMILES string of the molecule is CN.NC=NCCc1cccc(-n2cc(-c3cccc(CCN=C(N)N)c3)nn2)c1. The summed E-state index contributed by atoms with van der Waals surface area (Å²) >= 11 is 0. The Hall–Kier alpha value is -3.72. The molecule has 1 aromatic heterocycles. The molecule has 0 aliphatic heterocycles. The third-order valence-corrected chi connectivity index (χ3v) is 4.22. The van der Waals surface area contributed by atoms with Gasteiger partial charge in [0.2, 0.25) is 0 Å². The standard InChI is InChI=1S/C20H24N8.CH5N/c21-14-24-9-7-16-4-2-6-18(12-16)28-13-19(26-27-28)17-5-1-3-15(11-17)8-10-25-20(22)23;1-2/h1-6,11-14H,7-10H2,(H2,21,24)(H4,22,23,25);2H2,1H3. The van der Waals surface area contributed by atoms with E-state index < -0.39 is 0 Å². The zero-order valence-corrected chi connectivity index (χ0v) is 17.1. The van der Waals surface area contributed by atoms with Gasteiger partial charge in [0.25, 0.3) is 0 Å². The Kier molecular flexibility index (Phi) is 9.01. The van der Waals surface area contributed by atoms with E-state index in [1.807, 2.05) is 36.5 Å². The van der Waals surface area contributed by atoms with E-state index in [1.165, 1.54) is 18.9 Å². The van der Waals surface area contributed by atoms with Gasteiger partial charge in [-0.05, 0) is 49.2 Å². The lowest BCUT2D eigenvalue weighted by Crippen LogP contribution is -2.23. The third-order valence-electron chi connectivity index (χ3n) is 4.22. The fraction of sp³-hybridized carbons (Fsp3) is 0.238. The van der Waals surface area contributed by atoms with Crippen molar-refractivity contribution in [3.8, 4) is 16.9 Å². The second-order valence-corrected chi connectivity index (χ2v) is 6.28. The molecule has 0 atom stereocenters. The fourth-order valence-electron chi connectivity index (χ4n) is 2.85. The molecule has 0 spiro atoms. The largest absolute Gasteiger partial charge is 0.390 e. The summed E-state index contributed by atoms with van der Waals surface area (Å²) in [5.74, 6) is 0.108. The van der Waals surface area contributed by atoms with Gasteiger partial charge >= 0.3 is 0 Å². The van der Waals surface area contributed by atoms with E-state index in [9.17, 15) is 0 Å². The van der Waals surface area contributed by atoms with Crippen LogP contribution in [0.1, 0.15) is 11.1 Å². The Morgan fingerprint density at radius 1 is 1.00 bits per heavy atom. The molecule has 2 aromatic carbocycles. The number of rotatable bonds is 8. The van der Waals surface area contributed by atoms with Crippen LogP contribution in [-0.2, 0) is 12.8 Å². The average molecular weight is 408 g/mol. The first kappa shape index (κ1) is 22.6. The first-order valence-corrected chi connectivity index (χ1v) is 9.60. The molecule has 0 saturated carbocycles. The highest BCUT2D eigenvalue weighted by Gasteiger charge is 2.07. The predicted octanol–water partition coefficient (Wildman–Crippen LogP) is 0.855. The molecule has 30 heavy (non-hydrogen) atoms. The van der Waals surface area contributed by atoms with Crippen LogP contribution in [0, 0.1) is 0 Å². The van der Waals surface area contributed by atoms with Gasteiger partial charge < -0.3 is 22.9 Å². The summed E-state index contributed by atoms with van der Waals surface area (Å²) in [6, 6.07) is 16.3. The van der Waals surface area contributed by atoms with Gasteiger partial charge in [0, 0.05) is 18.7 Å². The van der Waals surface area contributed by atoms with E-state index >= 15 is 0 Å². The van der Waals surface area contributed by atoms with Crippen molar-refractivity contribution in [3.05, 3.63) is 65.9 Å². The quantitative estimate of drug-likeness (QED) is 0.320. The topological polar surface area (TPSA) is 160 Å². The van der Waals surface area contributed by atoms with Crippen LogP contribution in [0.3, 0.4) is 0 Å². The third kappa shape index (κ3) is 6.71. The summed E-state index contributed by atoms with van der Waals surface area (Å²) in [6.07, 6.45) is 4.83. The number of hydrogen-bond acceptors (Lipinski definition) is 5. The minimum absolute atomic E-state index is 0.108. The molecule has 3 rings (SSSR count). The molecule has 1 heterocycles. The first-order chi connectivity index (χ1) is 14.7. The first-order valence-electron chi connectivity index (χ1n) is 9.60. The molecule has 0 aliphatic carbocycles. The molecule has 8 N–H and O–H groups in total. The van der Waals surface area contributed by atoms with Crippen molar-refractivity contribution >= 4 is 12.3 Å². The normalized spacial score (nSPS) is 10.5. The minimum Gasteiger partial charge on any atom is -0.390 e. The molecule has 3 aromatic rings. The number of hydrogen-bond donors (Lipinski definition) is 4. The van der Waals surface area contributed by atoms with Crippen molar-refractivity contribution in [3.63, 3.8) is 0 Å². The van der Waals surface area contributed by atoms with Crippen LogP contribution in [0.5, 0.6) is 0 Å². The van der Waals surface area contributed by atoms with Crippen LogP contribution < -0.4 is 22.9 Å². The molecule has 0 unspecified atom stereocenters. The van der Waals surface area contributed by atoms with Crippen LogP contribution in [0.4, 0.5) is 0 Å². The smallest absolute Gasteiger partial charge is 0.185 e. The Morgan fingerprint density at radius 3 is 2.43 bits per heavy atom. The maximum atomic E-state index is 5.37. The zero-order valence-electron chi connectivity index (χ0n) is 17.1. The van der Waals surface area contributed by atoms with Crippen molar-refractivity contribution in [1.29, 1.82) is 0 Å². The lowest BCUT2D eigenvalue weighted by molar-refractivity contribution is 0.801. The Balaban J connectivity index is 0.00000155. The maximum Gasteiger partial charge on any atom is 0.185 e. The van der Waals surface area contributed by atoms with Crippen LogP contribution in [0.15, 0.2) is 64.7 Å². The molecular formula is C21H29N9. The predicted molar refractivity (Wildman–Crippen MR) is 123 cm³/mol. The Labute approximate surface area is 176 Å². The number of nitrogens with zero attached hydrogens (tertiary/aromatic N) is 5. The summed E-state index contributed by atoms with van der Waals surface area (Å²) in [7, 11) is 1.50. The zero-order chi connectivity index (χ0) is 21.8. The number of guanidine groups is 1. The van der Waals surface area contributed by atoms with E-state index in [-0.39, 0.29) is 5.96 Å². The van der Waals surface area contributed by atoms with Gasteiger partial charge in [-0.15, -0.1) is 5.10 Å². The van der Waals surface area contributed by atoms with E-state index in [0.29, 0.717) is 13.1 Å². The van der Waals surface area contributed by atoms with Crippen LogP contribution in [0.25, 0.3) is 16.9 Å². The number of aromatic nitrogens is 3. The summed E-state index contributed by atoms with van der Waals surface area (Å²) < 4.78 is 1.77. The molecule has 0 radical (unpaired) electrons. The van der Waals surface area contributed by atoms with E-state index in [2.05, 4.69) is 44.2 Å². The van der Waals surface area contributed by atoms with Crippen LogP contribution >= 0.6 is 0 Å². The second kappa shape index (κ2) is 12.0. The average Bonchev–Trinajstić information content (AvgIpc) is 3.26.